The fourth-order valence-electron chi connectivity index (χ4n) is 1.67. The van der Waals surface area contributed by atoms with Crippen LogP contribution in [-0.4, -0.2) is 38.3 Å². The third-order valence-corrected chi connectivity index (χ3v) is 3.68. The van der Waals surface area contributed by atoms with Gasteiger partial charge in [0.25, 0.3) is 11.1 Å². The number of imide groups is 1. The number of phenols is 1. The van der Waals surface area contributed by atoms with E-state index >= 15 is 0 Å². The van der Waals surface area contributed by atoms with Crippen molar-refractivity contribution in [1.29, 1.82) is 0 Å². The van der Waals surface area contributed by atoms with E-state index in [1.807, 2.05) is 0 Å². The number of thioether (sulfide) groups is 1. The number of aromatic hydroxyl groups is 1. The van der Waals surface area contributed by atoms with Crippen molar-refractivity contribution >= 4 is 35.0 Å². The fourth-order valence-corrected chi connectivity index (χ4v) is 2.57. The van der Waals surface area contributed by atoms with Crippen molar-refractivity contribution in [2.24, 2.45) is 0 Å². The summed E-state index contributed by atoms with van der Waals surface area (Å²) < 4.78 is 0. The lowest BCUT2D eigenvalue weighted by Crippen LogP contribution is -2.41. The SMILES string of the molecule is CC(C(=O)O)N1C(=O)SC(=Cc2ccccc2O)C1=O. The zero-order valence-corrected chi connectivity index (χ0v) is 11.3. The van der Waals surface area contributed by atoms with Crippen LogP contribution in [0.3, 0.4) is 0 Å². The van der Waals surface area contributed by atoms with E-state index in [9.17, 15) is 19.5 Å². The van der Waals surface area contributed by atoms with Crippen molar-refractivity contribution in [3.63, 3.8) is 0 Å². The summed E-state index contributed by atoms with van der Waals surface area (Å²) in [5.74, 6) is -1.94. The zero-order valence-electron chi connectivity index (χ0n) is 10.4. The van der Waals surface area contributed by atoms with Gasteiger partial charge in [0, 0.05) is 5.56 Å². The van der Waals surface area contributed by atoms with E-state index < -0.39 is 23.2 Å². The van der Waals surface area contributed by atoms with E-state index in [2.05, 4.69) is 0 Å². The van der Waals surface area contributed by atoms with Crippen LogP contribution >= 0.6 is 11.8 Å². The Kier molecular flexibility index (Phi) is 3.80. The van der Waals surface area contributed by atoms with Crippen LogP contribution in [0.15, 0.2) is 29.2 Å². The van der Waals surface area contributed by atoms with Crippen LogP contribution in [0.2, 0.25) is 0 Å². The van der Waals surface area contributed by atoms with Gasteiger partial charge in [-0.25, -0.2) is 4.79 Å². The molecule has 0 radical (unpaired) electrons. The number of carbonyl (C=O) groups is 3. The van der Waals surface area contributed by atoms with Crippen LogP contribution in [0.4, 0.5) is 4.79 Å². The summed E-state index contributed by atoms with van der Waals surface area (Å²) in [6.45, 7) is 1.27. The van der Waals surface area contributed by atoms with Crippen LogP contribution in [0.1, 0.15) is 12.5 Å². The van der Waals surface area contributed by atoms with Gasteiger partial charge in [0.15, 0.2) is 0 Å². The molecule has 0 saturated carbocycles. The molecule has 1 unspecified atom stereocenters. The predicted molar refractivity (Wildman–Crippen MR) is 73.0 cm³/mol. The van der Waals surface area contributed by atoms with Gasteiger partial charge in [-0.15, -0.1) is 0 Å². The molecule has 1 saturated heterocycles. The number of benzene rings is 1. The molecule has 0 aromatic heterocycles. The first-order chi connectivity index (χ1) is 9.41. The van der Waals surface area contributed by atoms with Gasteiger partial charge in [0.1, 0.15) is 11.8 Å². The molecule has 2 rings (SSSR count). The number of hydrogen-bond acceptors (Lipinski definition) is 5. The second-order valence-corrected chi connectivity index (χ2v) is 5.12. The van der Waals surface area contributed by atoms with Crippen LogP contribution in [-0.2, 0) is 9.59 Å². The van der Waals surface area contributed by atoms with Crippen molar-refractivity contribution in [1.82, 2.24) is 4.90 Å². The molecule has 0 bridgehead atoms. The molecule has 1 fully saturated rings. The maximum Gasteiger partial charge on any atom is 0.326 e. The molecule has 20 heavy (non-hydrogen) atoms. The number of hydrogen-bond donors (Lipinski definition) is 2. The second kappa shape index (κ2) is 5.38. The van der Waals surface area contributed by atoms with Crippen LogP contribution in [0.5, 0.6) is 5.75 Å². The smallest absolute Gasteiger partial charge is 0.326 e. The largest absolute Gasteiger partial charge is 0.507 e. The van der Waals surface area contributed by atoms with Gasteiger partial charge in [-0.1, -0.05) is 18.2 Å². The number of carboxylic acid groups (broad SMARTS) is 1. The molecule has 1 aromatic carbocycles. The molecule has 0 spiro atoms. The first-order valence-corrected chi connectivity index (χ1v) is 6.51. The zero-order chi connectivity index (χ0) is 14.9. The average Bonchev–Trinajstić information content (AvgIpc) is 2.66. The van der Waals surface area contributed by atoms with Crippen LogP contribution in [0.25, 0.3) is 6.08 Å². The monoisotopic (exact) mass is 293 g/mol. The molecule has 1 aromatic rings. The first-order valence-electron chi connectivity index (χ1n) is 5.69. The third kappa shape index (κ3) is 2.53. The Morgan fingerprint density at radius 1 is 1.35 bits per heavy atom. The highest BCUT2D eigenvalue weighted by Crippen LogP contribution is 2.34. The lowest BCUT2D eigenvalue weighted by Gasteiger charge is -2.16. The molecule has 7 heteroatoms. The number of carboxylic acids is 1. The summed E-state index contributed by atoms with van der Waals surface area (Å²) in [4.78, 5) is 35.4. The van der Waals surface area contributed by atoms with E-state index in [1.165, 1.54) is 19.1 Å². The molecule has 1 heterocycles. The standard InChI is InChI=1S/C13H11NO5S/c1-7(12(17)18)14-11(16)10(20-13(14)19)6-8-4-2-3-5-9(8)15/h2-7,15H,1H3,(H,17,18). The third-order valence-electron chi connectivity index (χ3n) is 2.79. The number of carbonyl (C=O) groups excluding carboxylic acids is 2. The Morgan fingerprint density at radius 3 is 2.60 bits per heavy atom. The Bertz CT molecular complexity index is 625. The van der Waals surface area contributed by atoms with Crippen molar-refractivity contribution in [2.45, 2.75) is 13.0 Å². The lowest BCUT2D eigenvalue weighted by atomic mass is 10.2. The minimum absolute atomic E-state index is 0.0226. The van der Waals surface area contributed by atoms with E-state index in [1.54, 1.807) is 18.2 Å². The minimum Gasteiger partial charge on any atom is -0.507 e. The number of phenolic OH excluding ortho intramolecular Hbond substituents is 1. The predicted octanol–water partition coefficient (Wildman–Crippen LogP) is 1.90. The van der Waals surface area contributed by atoms with E-state index in [-0.39, 0.29) is 10.7 Å². The molecule has 2 N–H and O–H groups in total. The van der Waals surface area contributed by atoms with Gasteiger partial charge in [-0.2, -0.15) is 0 Å². The number of nitrogens with zero attached hydrogens (tertiary/aromatic N) is 1. The first kappa shape index (κ1) is 14.1. The summed E-state index contributed by atoms with van der Waals surface area (Å²) in [5, 5.41) is 17.9. The molecule has 2 amide bonds. The van der Waals surface area contributed by atoms with Gasteiger partial charge in [0.2, 0.25) is 0 Å². The Morgan fingerprint density at radius 2 is 2.00 bits per heavy atom. The van der Waals surface area contributed by atoms with Crippen molar-refractivity contribution < 1.29 is 24.6 Å². The lowest BCUT2D eigenvalue weighted by molar-refractivity contribution is -0.145. The number of para-hydroxylation sites is 1. The number of rotatable bonds is 3. The molecule has 0 aliphatic carbocycles. The Labute approximate surface area is 118 Å². The topological polar surface area (TPSA) is 94.9 Å². The normalized spacial score (nSPS) is 18.6. The molecule has 6 nitrogen and oxygen atoms in total. The second-order valence-electron chi connectivity index (χ2n) is 4.12. The minimum atomic E-state index is -1.25. The highest BCUT2D eigenvalue weighted by atomic mass is 32.2. The van der Waals surface area contributed by atoms with Gasteiger partial charge < -0.3 is 10.2 Å². The molecular formula is C13H11NO5S. The fraction of sp³-hybridized carbons (Fsp3) is 0.154. The van der Waals surface area contributed by atoms with E-state index in [0.29, 0.717) is 22.2 Å². The molecule has 1 aliphatic heterocycles. The molecule has 1 aliphatic rings. The summed E-state index contributed by atoms with van der Waals surface area (Å²) in [7, 11) is 0. The molecule has 1 atom stereocenters. The maximum absolute atomic E-state index is 12.0. The number of aliphatic carboxylic acids is 1. The summed E-state index contributed by atoms with van der Waals surface area (Å²) in [5.41, 5.74) is 0.390. The Balaban J connectivity index is 2.33. The van der Waals surface area contributed by atoms with E-state index in [4.69, 9.17) is 5.11 Å². The van der Waals surface area contributed by atoms with Gasteiger partial charge in [0.05, 0.1) is 4.91 Å². The van der Waals surface area contributed by atoms with Crippen LogP contribution < -0.4 is 0 Å². The molecule has 104 valence electrons. The van der Waals surface area contributed by atoms with Crippen molar-refractivity contribution in [2.75, 3.05) is 0 Å². The van der Waals surface area contributed by atoms with Gasteiger partial charge >= 0.3 is 5.97 Å². The maximum atomic E-state index is 12.0. The highest BCUT2D eigenvalue weighted by molar-refractivity contribution is 8.18. The molecular weight excluding hydrogens is 282 g/mol. The summed E-state index contributed by atoms with van der Waals surface area (Å²) >= 11 is 0.655. The van der Waals surface area contributed by atoms with E-state index in [0.717, 1.165) is 0 Å². The summed E-state index contributed by atoms with van der Waals surface area (Å²) in [6, 6.07) is 5.12. The van der Waals surface area contributed by atoms with Crippen LogP contribution in [0, 0.1) is 0 Å². The average molecular weight is 293 g/mol. The van der Waals surface area contributed by atoms with Gasteiger partial charge in [-0.3, -0.25) is 14.5 Å². The number of amides is 2. The highest BCUT2D eigenvalue weighted by Gasteiger charge is 2.40. The van der Waals surface area contributed by atoms with Crippen molar-refractivity contribution in [3.8, 4) is 5.75 Å². The quantitative estimate of drug-likeness (QED) is 0.826. The van der Waals surface area contributed by atoms with Gasteiger partial charge in [-0.05, 0) is 30.8 Å². The summed E-state index contributed by atoms with van der Waals surface area (Å²) in [6.07, 6.45) is 1.37. The Hall–Kier alpha value is -2.28. The van der Waals surface area contributed by atoms with Crippen molar-refractivity contribution in [3.05, 3.63) is 34.7 Å².